The van der Waals surface area contributed by atoms with Crippen molar-refractivity contribution in [2.45, 2.75) is 13.3 Å². The number of thiophene rings is 1. The van der Waals surface area contributed by atoms with Crippen molar-refractivity contribution < 1.29 is 4.79 Å². The highest BCUT2D eigenvalue weighted by molar-refractivity contribution is 7.12. The molecule has 0 aliphatic heterocycles. The number of ketones is 1. The van der Waals surface area contributed by atoms with E-state index in [2.05, 4.69) is 4.98 Å². The fourth-order valence-electron chi connectivity index (χ4n) is 2.22. The standard InChI is InChI=1S/C16H13NOS/c1-11-10-17-14-6-3-2-5-12(14)13(11)9-15(18)16-7-4-8-19-16/h2-8,10H,9H2,1H3. The molecule has 0 aliphatic carbocycles. The number of aryl methyl sites for hydroxylation is 1. The zero-order chi connectivity index (χ0) is 13.2. The van der Waals surface area contributed by atoms with E-state index in [1.54, 1.807) is 0 Å². The molecular weight excluding hydrogens is 254 g/mol. The summed E-state index contributed by atoms with van der Waals surface area (Å²) in [6.07, 6.45) is 2.29. The third-order valence-electron chi connectivity index (χ3n) is 3.24. The average molecular weight is 267 g/mol. The second-order valence-electron chi connectivity index (χ2n) is 4.51. The normalized spacial score (nSPS) is 10.8. The smallest absolute Gasteiger partial charge is 0.177 e. The van der Waals surface area contributed by atoms with E-state index in [-0.39, 0.29) is 5.78 Å². The highest BCUT2D eigenvalue weighted by Crippen LogP contribution is 2.22. The maximum absolute atomic E-state index is 12.3. The number of rotatable bonds is 3. The minimum atomic E-state index is 0.175. The van der Waals surface area contributed by atoms with Gasteiger partial charge in [-0.1, -0.05) is 24.3 Å². The Morgan fingerprint density at radius 3 is 2.84 bits per heavy atom. The minimum Gasteiger partial charge on any atom is -0.293 e. The molecule has 0 atom stereocenters. The summed E-state index contributed by atoms with van der Waals surface area (Å²) in [4.78, 5) is 17.5. The number of fused-ring (bicyclic) bond motifs is 1. The van der Waals surface area contributed by atoms with Gasteiger partial charge in [-0.15, -0.1) is 11.3 Å². The van der Waals surface area contributed by atoms with Crippen LogP contribution in [-0.2, 0) is 6.42 Å². The van der Waals surface area contributed by atoms with Gasteiger partial charge in [-0.2, -0.15) is 0 Å². The van der Waals surface area contributed by atoms with Crippen molar-refractivity contribution in [3.05, 3.63) is 64.0 Å². The maximum atomic E-state index is 12.3. The predicted molar refractivity (Wildman–Crippen MR) is 78.8 cm³/mol. The summed E-state index contributed by atoms with van der Waals surface area (Å²) in [5, 5.41) is 3.01. The van der Waals surface area contributed by atoms with Gasteiger partial charge in [0.15, 0.2) is 5.78 Å². The first kappa shape index (κ1) is 12.1. The van der Waals surface area contributed by atoms with Gasteiger partial charge in [0.2, 0.25) is 0 Å². The van der Waals surface area contributed by atoms with Gasteiger partial charge in [0.05, 0.1) is 10.4 Å². The lowest BCUT2D eigenvalue weighted by Crippen LogP contribution is -2.04. The quantitative estimate of drug-likeness (QED) is 0.671. The zero-order valence-corrected chi connectivity index (χ0v) is 11.4. The van der Waals surface area contributed by atoms with E-state index in [1.165, 1.54) is 11.3 Å². The second kappa shape index (κ2) is 4.94. The number of hydrogen-bond donors (Lipinski definition) is 0. The molecule has 0 aliphatic rings. The van der Waals surface area contributed by atoms with Gasteiger partial charge >= 0.3 is 0 Å². The maximum Gasteiger partial charge on any atom is 0.177 e. The van der Waals surface area contributed by atoms with Crippen LogP contribution in [0.1, 0.15) is 20.8 Å². The first-order valence-corrected chi connectivity index (χ1v) is 7.03. The Labute approximate surface area is 115 Å². The van der Waals surface area contributed by atoms with Gasteiger partial charge < -0.3 is 0 Å². The molecule has 2 nitrogen and oxygen atoms in total. The van der Waals surface area contributed by atoms with Gasteiger partial charge in [0.1, 0.15) is 0 Å². The van der Waals surface area contributed by atoms with Crippen LogP contribution in [0.5, 0.6) is 0 Å². The van der Waals surface area contributed by atoms with E-state index >= 15 is 0 Å². The molecule has 1 aromatic carbocycles. The SMILES string of the molecule is Cc1cnc2ccccc2c1CC(=O)c1cccs1. The van der Waals surface area contributed by atoms with Crippen molar-refractivity contribution in [2.75, 3.05) is 0 Å². The molecule has 0 amide bonds. The van der Waals surface area contributed by atoms with Gasteiger partial charge in [0, 0.05) is 18.0 Å². The van der Waals surface area contributed by atoms with E-state index in [9.17, 15) is 4.79 Å². The highest BCUT2D eigenvalue weighted by atomic mass is 32.1. The second-order valence-corrected chi connectivity index (χ2v) is 5.46. The van der Waals surface area contributed by atoms with E-state index in [4.69, 9.17) is 0 Å². The summed E-state index contributed by atoms with van der Waals surface area (Å²) in [6.45, 7) is 2.01. The molecule has 0 N–H and O–H groups in total. The molecule has 94 valence electrons. The molecule has 2 heterocycles. The fourth-order valence-corrected chi connectivity index (χ4v) is 2.88. The van der Waals surface area contributed by atoms with Crippen LogP contribution in [0, 0.1) is 6.92 Å². The largest absolute Gasteiger partial charge is 0.293 e. The lowest BCUT2D eigenvalue weighted by Gasteiger charge is -2.08. The molecule has 3 rings (SSSR count). The summed E-state index contributed by atoms with van der Waals surface area (Å²) in [5.41, 5.74) is 3.11. The molecule has 0 fully saturated rings. The van der Waals surface area contributed by atoms with Crippen LogP contribution in [0.3, 0.4) is 0 Å². The van der Waals surface area contributed by atoms with Gasteiger partial charge in [0.25, 0.3) is 0 Å². The number of hydrogen-bond acceptors (Lipinski definition) is 3. The monoisotopic (exact) mass is 267 g/mol. The molecule has 0 bridgehead atoms. The summed E-state index contributed by atoms with van der Waals surface area (Å²) >= 11 is 1.50. The van der Waals surface area contributed by atoms with Crippen LogP contribution in [0.4, 0.5) is 0 Å². The number of Topliss-reactive ketones (excluding diaryl/α,β-unsaturated/α-hetero) is 1. The van der Waals surface area contributed by atoms with Crippen LogP contribution in [-0.4, -0.2) is 10.8 Å². The van der Waals surface area contributed by atoms with Crippen LogP contribution in [0.2, 0.25) is 0 Å². The number of carbonyl (C=O) groups is 1. The molecule has 3 aromatic rings. The molecule has 2 aromatic heterocycles. The third kappa shape index (κ3) is 2.29. The number of para-hydroxylation sites is 1. The lowest BCUT2D eigenvalue weighted by atomic mass is 9.99. The molecule has 3 heteroatoms. The van der Waals surface area contributed by atoms with E-state index in [0.29, 0.717) is 6.42 Å². The molecule has 0 spiro atoms. The first-order chi connectivity index (χ1) is 9.25. The molecule has 0 radical (unpaired) electrons. The number of benzene rings is 1. The summed E-state index contributed by atoms with van der Waals surface area (Å²) < 4.78 is 0. The van der Waals surface area contributed by atoms with Crippen LogP contribution in [0.25, 0.3) is 10.9 Å². The van der Waals surface area contributed by atoms with Crippen LogP contribution < -0.4 is 0 Å². The average Bonchev–Trinajstić information content (AvgIpc) is 2.96. The van der Waals surface area contributed by atoms with Crippen LogP contribution >= 0.6 is 11.3 Å². The van der Waals surface area contributed by atoms with Gasteiger partial charge in [-0.3, -0.25) is 9.78 Å². The van der Waals surface area contributed by atoms with Crippen molar-refractivity contribution >= 4 is 28.0 Å². The van der Waals surface area contributed by atoms with E-state index in [0.717, 1.165) is 26.9 Å². The zero-order valence-electron chi connectivity index (χ0n) is 10.6. The lowest BCUT2D eigenvalue weighted by molar-refractivity contribution is 0.0997. The summed E-state index contributed by atoms with van der Waals surface area (Å²) in [7, 11) is 0. The fraction of sp³-hybridized carbons (Fsp3) is 0.125. The van der Waals surface area contributed by atoms with E-state index < -0.39 is 0 Å². The molecule has 0 saturated carbocycles. The molecular formula is C16H13NOS. The molecule has 0 unspecified atom stereocenters. The number of nitrogens with zero attached hydrogens (tertiary/aromatic N) is 1. The Balaban J connectivity index is 2.05. The topological polar surface area (TPSA) is 30.0 Å². The van der Waals surface area contributed by atoms with Crippen molar-refractivity contribution in [1.29, 1.82) is 0 Å². The Bertz CT molecular complexity index is 732. The molecule has 0 saturated heterocycles. The Morgan fingerprint density at radius 1 is 1.21 bits per heavy atom. The van der Waals surface area contributed by atoms with Crippen molar-refractivity contribution in [3.63, 3.8) is 0 Å². The van der Waals surface area contributed by atoms with Crippen molar-refractivity contribution in [3.8, 4) is 0 Å². The minimum absolute atomic E-state index is 0.175. The predicted octanol–water partition coefficient (Wildman–Crippen LogP) is 4.03. The van der Waals surface area contributed by atoms with Crippen LogP contribution in [0.15, 0.2) is 48.0 Å². The number of pyridine rings is 1. The molecule has 19 heavy (non-hydrogen) atoms. The van der Waals surface area contributed by atoms with Gasteiger partial charge in [-0.05, 0) is 35.6 Å². The number of aromatic nitrogens is 1. The first-order valence-electron chi connectivity index (χ1n) is 6.15. The Hall–Kier alpha value is -2.00. The Kier molecular flexibility index (Phi) is 3.13. The van der Waals surface area contributed by atoms with Crippen molar-refractivity contribution in [2.24, 2.45) is 0 Å². The number of carbonyl (C=O) groups excluding carboxylic acids is 1. The highest BCUT2D eigenvalue weighted by Gasteiger charge is 2.12. The van der Waals surface area contributed by atoms with E-state index in [1.807, 2.05) is 54.9 Å². The summed E-state index contributed by atoms with van der Waals surface area (Å²) in [5.74, 6) is 0.175. The Morgan fingerprint density at radius 2 is 2.05 bits per heavy atom. The van der Waals surface area contributed by atoms with Crippen molar-refractivity contribution in [1.82, 2.24) is 4.98 Å². The summed E-state index contributed by atoms with van der Waals surface area (Å²) in [6, 6.07) is 11.8. The third-order valence-corrected chi connectivity index (χ3v) is 4.15. The van der Waals surface area contributed by atoms with Gasteiger partial charge in [-0.25, -0.2) is 0 Å².